The van der Waals surface area contributed by atoms with E-state index in [9.17, 15) is 0 Å². The summed E-state index contributed by atoms with van der Waals surface area (Å²) < 4.78 is 5.76. The van der Waals surface area contributed by atoms with Crippen molar-refractivity contribution >= 4 is 0 Å². The Morgan fingerprint density at radius 3 is 2.88 bits per heavy atom. The predicted molar refractivity (Wildman–Crippen MR) is 73.7 cm³/mol. The molecule has 1 unspecified atom stereocenters. The van der Waals surface area contributed by atoms with Gasteiger partial charge in [-0.25, -0.2) is 0 Å². The summed E-state index contributed by atoms with van der Waals surface area (Å²) in [6.07, 6.45) is 15.4. The zero-order chi connectivity index (χ0) is 12.5. The van der Waals surface area contributed by atoms with Crippen LogP contribution in [0.1, 0.15) is 39.5 Å². The van der Waals surface area contributed by atoms with Gasteiger partial charge in [0.05, 0.1) is 6.10 Å². The highest BCUT2D eigenvalue weighted by Gasteiger charge is 2.07. The Morgan fingerprint density at radius 2 is 2.12 bits per heavy atom. The SMILES string of the molecule is CCCCOC(C)CCC1=CC=CC=CN1C. The van der Waals surface area contributed by atoms with Gasteiger partial charge in [0.1, 0.15) is 0 Å². The minimum atomic E-state index is 0.354. The number of nitrogens with zero attached hydrogens (tertiary/aromatic N) is 1. The van der Waals surface area contributed by atoms with Crippen LogP contribution in [0, 0.1) is 0 Å². The molecule has 0 aromatic rings. The van der Waals surface area contributed by atoms with Gasteiger partial charge in [0.25, 0.3) is 0 Å². The van der Waals surface area contributed by atoms with E-state index in [2.05, 4.69) is 56.3 Å². The summed E-state index contributed by atoms with van der Waals surface area (Å²) >= 11 is 0. The second-order valence-corrected chi connectivity index (χ2v) is 4.57. The Kier molecular flexibility index (Phi) is 6.71. The molecule has 0 aromatic carbocycles. The van der Waals surface area contributed by atoms with Crippen molar-refractivity contribution < 1.29 is 4.74 Å². The smallest absolute Gasteiger partial charge is 0.0550 e. The molecule has 0 fully saturated rings. The van der Waals surface area contributed by atoms with Gasteiger partial charge < -0.3 is 9.64 Å². The number of allylic oxidation sites excluding steroid dienone is 5. The Labute approximate surface area is 106 Å². The lowest BCUT2D eigenvalue weighted by atomic mass is 10.1. The third kappa shape index (κ3) is 5.73. The van der Waals surface area contributed by atoms with Crippen LogP contribution in [0.2, 0.25) is 0 Å². The molecule has 0 amide bonds. The first-order chi connectivity index (χ1) is 8.24. The fraction of sp³-hybridized carbons (Fsp3) is 0.600. The fourth-order valence-electron chi connectivity index (χ4n) is 1.75. The van der Waals surface area contributed by atoms with Gasteiger partial charge in [0, 0.05) is 25.6 Å². The van der Waals surface area contributed by atoms with E-state index in [1.165, 1.54) is 18.5 Å². The number of rotatable bonds is 7. The first-order valence-electron chi connectivity index (χ1n) is 6.62. The molecule has 96 valence electrons. The van der Waals surface area contributed by atoms with Crippen LogP contribution < -0.4 is 0 Å². The maximum absolute atomic E-state index is 5.76. The molecule has 0 radical (unpaired) electrons. The Bertz CT molecular complexity index is 291. The van der Waals surface area contributed by atoms with Crippen molar-refractivity contribution in [1.82, 2.24) is 4.90 Å². The summed E-state index contributed by atoms with van der Waals surface area (Å²) in [5.74, 6) is 0. The maximum atomic E-state index is 5.76. The van der Waals surface area contributed by atoms with Crippen LogP contribution in [0.25, 0.3) is 0 Å². The second kappa shape index (κ2) is 8.13. The van der Waals surface area contributed by atoms with E-state index >= 15 is 0 Å². The number of unbranched alkanes of at least 4 members (excludes halogenated alkanes) is 1. The van der Waals surface area contributed by atoms with Gasteiger partial charge in [-0.05, 0) is 38.3 Å². The number of hydrogen-bond donors (Lipinski definition) is 0. The molecule has 1 aliphatic rings. The predicted octanol–water partition coefficient (Wildman–Crippen LogP) is 3.87. The topological polar surface area (TPSA) is 12.5 Å². The Balaban J connectivity index is 2.27. The summed E-state index contributed by atoms with van der Waals surface area (Å²) in [5, 5.41) is 0. The first-order valence-corrected chi connectivity index (χ1v) is 6.62. The van der Waals surface area contributed by atoms with Crippen molar-refractivity contribution in [3.8, 4) is 0 Å². The molecule has 1 atom stereocenters. The molecule has 1 aliphatic heterocycles. The van der Waals surface area contributed by atoms with E-state index in [0.29, 0.717) is 6.10 Å². The standard InChI is InChI=1S/C15H25NO/c1-4-5-13-17-14(2)10-11-15-9-7-6-8-12-16(15)3/h6-9,12,14H,4-5,10-11,13H2,1-3H3. The van der Waals surface area contributed by atoms with Gasteiger partial charge in [-0.1, -0.05) is 25.5 Å². The summed E-state index contributed by atoms with van der Waals surface area (Å²) in [5.41, 5.74) is 1.35. The highest BCUT2D eigenvalue weighted by molar-refractivity contribution is 5.21. The van der Waals surface area contributed by atoms with Crippen molar-refractivity contribution in [1.29, 1.82) is 0 Å². The van der Waals surface area contributed by atoms with E-state index in [0.717, 1.165) is 19.4 Å². The third-order valence-electron chi connectivity index (χ3n) is 2.98. The van der Waals surface area contributed by atoms with Gasteiger partial charge in [0.2, 0.25) is 0 Å². The minimum absolute atomic E-state index is 0.354. The molecule has 0 saturated heterocycles. The Morgan fingerprint density at radius 1 is 1.29 bits per heavy atom. The monoisotopic (exact) mass is 235 g/mol. The fourth-order valence-corrected chi connectivity index (χ4v) is 1.75. The van der Waals surface area contributed by atoms with E-state index in [1.54, 1.807) is 0 Å². The summed E-state index contributed by atoms with van der Waals surface area (Å²) in [6.45, 7) is 5.25. The minimum Gasteiger partial charge on any atom is -0.378 e. The van der Waals surface area contributed by atoms with Crippen LogP contribution >= 0.6 is 0 Å². The van der Waals surface area contributed by atoms with Crippen molar-refractivity contribution in [3.63, 3.8) is 0 Å². The lowest BCUT2D eigenvalue weighted by Gasteiger charge is -2.19. The van der Waals surface area contributed by atoms with E-state index in [-0.39, 0.29) is 0 Å². The third-order valence-corrected chi connectivity index (χ3v) is 2.98. The molecule has 2 nitrogen and oxygen atoms in total. The van der Waals surface area contributed by atoms with Crippen LogP contribution in [0.3, 0.4) is 0 Å². The van der Waals surface area contributed by atoms with E-state index in [4.69, 9.17) is 4.74 Å². The molecular weight excluding hydrogens is 210 g/mol. The van der Waals surface area contributed by atoms with Gasteiger partial charge in [-0.2, -0.15) is 0 Å². The molecule has 0 saturated carbocycles. The second-order valence-electron chi connectivity index (χ2n) is 4.57. The lowest BCUT2D eigenvalue weighted by molar-refractivity contribution is 0.0578. The quantitative estimate of drug-likeness (QED) is 0.621. The zero-order valence-electron chi connectivity index (χ0n) is 11.4. The van der Waals surface area contributed by atoms with E-state index in [1.807, 2.05) is 0 Å². The first kappa shape index (κ1) is 14.0. The molecule has 1 heterocycles. The van der Waals surface area contributed by atoms with Crippen LogP contribution in [-0.2, 0) is 4.74 Å². The molecule has 17 heavy (non-hydrogen) atoms. The molecule has 2 heteroatoms. The summed E-state index contributed by atoms with van der Waals surface area (Å²) in [7, 11) is 2.10. The van der Waals surface area contributed by atoms with Crippen LogP contribution in [0.5, 0.6) is 0 Å². The molecule has 0 N–H and O–H groups in total. The molecular formula is C15H25NO. The number of hydrogen-bond acceptors (Lipinski definition) is 2. The van der Waals surface area contributed by atoms with Gasteiger partial charge >= 0.3 is 0 Å². The van der Waals surface area contributed by atoms with Crippen molar-refractivity contribution in [2.24, 2.45) is 0 Å². The molecule has 0 bridgehead atoms. The largest absolute Gasteiger partial charge is 0.378 e. The Hall–Kier alpha value is -1.02. The van der Waals surface area contributed by atoms with Crippen LogP contribution in [-0.4, -0.2) is 24.7 Å². The van der Waals surface area contributed by atoms with Crippen molar-refractivity contribution in [2.45, 2.75) is 45.6 Å². The zero-order valence-corrected chi connectivity index (χ0v) is 11.4. The molecule has 0 aromatic heterocycles. The lowest BCUT2D eigenvalue weighted by Crippen LogP contribution is -2.14. The van der Waals surface area contributed by atoms with Gasteiger partial charge in [0.15, 0.2) is 0 Å². The highest BCUT2D eigenvalue weighted by Crippen LogP contribution is 2.15. The molecule has 0 spiro atoms. The average molecular weight is 235 g/mol. The number of ether oxygens (including phenoxy) is 1. The normalized spacial score (nSPS) is 16.9. The summed E-state index contributed by atoms with van der Waals surface area (Å²) in [4.78, 5) is 2.18. The molecule has 1 rings (SSSR count). The van der Waals surface area contributed by atoms with Crippen LogP contribution in [0.15, 0.2) is 36.2 Å². The summed E-state index contributed by atoms with van der Waals surface area (Å²) in [6, 6.07) is 0. The van der Waals surface area contributed by atoms with Gasteiger partial charge in [-0.15, -0.1) is 0 Å². The average Bonchev–Trinajstić information content (AvgIpc) is 2.52. The highest BCUT2D eigenvalue weighted by atomic mass is 16.5. The van der Waals surface area contributed by atoms with Crippen molar-refractivity contribution in [2.75, 3.05) is 13.7 Å². The van der Waals surface area contributed by atoms with Gasteiger partial charge in [-0.3, -0.25) is 0 Å². The van der Waals surface area contributed by atoms with Crippen molar-refractivity contribution in [3.05, 3.63) is 36.2 Å². The maximum Gasteiger partial charge on any atom is 0.0550 e. The van der Waals surface area contributed by atoms with Crippen LogP contribution in [0.4, 0.5) is 0 Å². The molecule has 0 aliphatic carbocycles. The van der Waals surface area contributed by atoms with E-state index < -0.39 is 0 Å².